The van der Waals surface area contributed by atoms with Gasteiger partial charge in [-0.1, -0.05) is 12.1 Å². The van der Waals surface area contributed by atoms with Crippen LogP contribution in [-0.4, -0.2) is 22.2 Å². The normalized spacial score (nSPS) is 13.4. The second-order valence-electron chi connectivity index (χ2n) is 5.65. The zero-order valence-electron chi connectivity index (χ0n) is 14.2. The van der Waals surface area contributed by atoms with Crippen LogP contribution in [0.3, 0.4) is 0 Å². The van der Waals surface area contributed by atoms with E-state index >= 15 is 0 Å². The Morgan fingerprint density at radius 3 is 2.74 bits per heavy atom. The zero-order chi connectivity index (χ0) is 17.0. The molecule has 2 heterocycles. The zero-order valence-corrected chi connectivity index (χ0v) is 14.2. The molecule has 0 aliphatic heterocycles. The lowest BCUT2D eigenvalue weighted by Gasteiger charge is -2.15. The van der Waals surface area contributed by atoms with E-state index in [0.717, 1.165) is 17.7 Å². The van der Waals surface area contributed by atoms with Crippen molar-refractivity contribution in [2.45, 2.75) is 53.2 Å². The van der Waals surface area contributed by atoms with E-state index in [2.05, 4.69) is 15.5 Å². The summed E-state index contributed by atoms with van der Waals surface area (Å²) >= 11 is 0. The van der Waals surface area contributed by atoms with E-state index in [1.807, 2.05) is 34.6 Å². The Bertz CT molecular complexity index is 662. The third-order valence-corrected chi connectivity index (χ3v) is 3.76. The van der Waals surface area contributed by atoms with Crippen LogP contribution in [0.2, 0.25) is 0 Å². The Kier molecular flexibility index (Phi) is 5.36. The number of nitrogens with one attached hydrogen (secondary N) is 1. The van der Waals surface area contributed by atoms with Crippen molar-refractivity contribution in [2.75, 3.05) is 0 Å². The minimum absolute atomic E-state index is 0.0574. The Hall–Kier alpha value is -2.37. The first kappa shape index (κ1) is 17.0. The molecular weight excluding hydrogens is 294 g/mol. The molecule has 2 rings (SSSR count). The summed E-state index contributed by atoms with van der Waals surface area (Å²) in [6.07, 6.45) is 2.51. The molecule has 124 valence electrons. The van der Waals surface area contributed by atoms with Crippen molar-refractivity contribution in [3.05, 3.63) is 40.9 Å². The minimum Gasteiger partial charge on any atom is -0.475 e. The van der Waals surface area contributed by atoms with E-state index < -0.39 is 0 Å². The lowest BCUT2D eigenvalue weighted by molar-refractivity contribution is 0.0938. The van der Waals surface area contributed by atoms with Crippen molar-refractivity contribution < 1.29 is 14.1 Å². The number of pyridine rings is 1. The van der Waals surface area contributed by atoms with Crippen molar-refractivity contribution in [1.29, 1.82) is 0 Å². The molecule has 0 unspecified atom stereocenters. The number of nitrogens with zero attached hydrogens (tertiary/aromatic N) is 2. The quantitative estimate of drug-likeness (QED) is 0.884. The monoisotopic (exact) mass is 317 g/mol. The van der Waals surface area contributed by atoms with Gasteiger partial charge in [0.05, 0.1) is 17.8 Å². The summed E-state index contributed by atoms with van der Waals surface area (Å²) < 4.78 is 10.8. The highest BCUT2D eigenvalue weighted by molar-refractivity contribution is 5.94. The van der Waals surface area contributed by atoms with Gasteiger partial charge >= 0.3 is 0 Å². The van der Waals surface area contributed by atoms with Crippen molar-refractivity contribution in [3.63, 3.8) is 0 Å². The summed E-state index contributed by atoms with van der Waals surface area (Å²) in [5, 5.41) is 6.87. The fraction of sp³-hybridized carbons (Fsp3) is 0.471. The number of aromatic nitrogens is 2. The van der Waals surface area contributed by atoms with Crippen molar-refractivity contribution in [3.8, 4) is 5.88 Å². The fourth-order valence-corrected chi connectivity index (χ4v) is 2.36. The minimum atomic E-state index is -0.194. The Labute approximate surface area is 136 Å². The van der Waals surface area contributed by atoms with E-state index in [0.29, 0.717) is 17.2 Å². The van der Waals surface area contributed by atoms with Gasteiger partial charge in [0.2, 0.25) is 5.88 Å². The maximum absolute atomic E-state index is 12.4. The molecule has 0 aromatic carbocycles. The first-order valence-corrected chi connectivity index (χ1v) is 7.78. The summed E-state index contributed by atoms with van der Waals surface area (Å²) in [5.74, 6) is 0.983. The van der Waals surface area contributed by atoms with Gasteiger partial charge in [-0.2, -0.15) is 0 Å². The number of carbonyl (C=O) groups is 1. The van der Waals surface area contributed by atoms with Gasteiger partial charge in [0.1, 0.15) is 5.76 Å². The van der Waals surface area contributed by atoms with Gasteiger partial charge in [0, 0.05) is 23.4 Å². The van der Waals surface area contributed by atoms with E-state index in [1.54, 1.807) is 18.3 Å². The molecule has 0 spiro atoms. The molecular formula is C17H23N3O3. The van der Waals surface area contributed by atoms with Crippen LogP contribution in [0, 0.1) is 13.8 Å². The average molecular weight is 317 g/mol. The molecule has 2 atom stereocenters. The van der Waals surface area contributed by atoms with Crippen molar-refractivity contribution >= 4 is 5.91 Å². The summed E-state index contributed by atoms with van der Waals surface area (Å²) in [7, 11) is 0. The number of rotatable bonds is 6. The highest BCUT2D eigenvalue weighted by atomic mass is 16.5. The maximum Gasteiger partial charge on any atom is 0.252 e. The van der Waals surface area contributed by atoms with Gasteiger partial charge < -0.3 is 14.6 Å². The third-order valence-electron chi connectivity index (χ3n) is 3.76. The topological polar surface area (TPSA) is 77.2 Å². The van der Waals surface area contributed by atoms with E-state index in [-0.39, 0.29) is 18.1 Å². The number of hydrogen-bond donors (Lipinski definition) is 1. The largest absolute Gasteiger partial charge is 0.475 e. The summed E-state index contributed by atoms with van der Waals surface area (Å²) in [4.78, 5) is 16.6. The van der Waals surface area contributed by atoms with Crippen LogP contribution in [-0.2, 0) is 0 Å². The lowest BCUT2D eigenvalue weighted by atomic mass is 10.1. The first-order chi connectivity index (χ1) is 10.9. The van der Waals surface area contributed by atoms with Crippen LogP contribution in [0.15, 0.2) is 22.9 Å². The van der Waals surface area contributed by atoms with Gasteiger partial charge in [0.25, 0.3) is 5.91 Å². The van der Waals surface area contributed by atoms with Crippen LogP contribution in [0.25, 0.3) is 0 Å². The molecule has 0 saturated heterocycles. The van der Waals surface area contributed by atoms with E-state index in [1.165, 1.54) is 0 Å². The second-order valence-corrected chi connectivity index (χ2v) is 5.65. The Balaban J connectivity index is 2.10. The maximum atomic E-state index is 12.4. The number of aryl methyl sites for hydroxylation is 2. The molecule has 0 fully saturated rings. The molecule has 1 N–H and O–H groups in total. The van der Waals surface area contributed by atoms with Crippen molar-refractivity contribution in [2.24, 2.45) is 0 Å². The smallest absolute Gasteiger partial charge is 0.252 e. The second kappa shape index (κ2) is 7.26. The molecule has 1 amide bonds. The highest BCUT2D eigenvalue weighted by Crippen LogP contribution is 2.21. The highest BCUT2D eigenvalue weighted by Gasteiger charge is 2.19. The molecule has 0 aliphatic rings. The molecule has 0 aliphatic carbocycles. The summed E-state index contributed by atoms with van der Waals surface area (Å²) in [5.41, 5.74) is 2.20. The number of amides is 1. The summed E-state index contributed by atoms with van der Waals surface area (Å²) in [6.45, 7) is 9.60. The molecule has 23 heavy (non-hydrogen) atoms. The number of hydrogen-bond acceptors (Lipinski definition) is 5. The Morgan fingerprint density at radius 1 is 1.39 bits per heavy atom. The first-order valence-electron chi connectivity index (χ1n) is 7.78. The molecule has 2 aromatic rings. The van der Waals surface area contributed by atoms with Gasteiger partial charge in [-0.25, -0.2) is 4.98 Å². The van der Waals surface area contributed by atoms with Crippen LogP contribution >= 0.6 is 0 Å². The fourth-order valence-electron chi connectivity index (χ4n) is 2.36. The van der Waals surface area contributed by atoms with Crippen LogP contribution < -0.4 is 10.1 Å². The standard InChI is InChI=1S/C17H23N3O3/c1-6-10(2)22-15-9-14(7-8-18-15)17(21)19-11(3)16-12(4)20-23-13(16)5/h7-11H,6H2,1-5H3,(H,19,21)/t10-,11+/m0/s1. The molecule has 0 bridgehead atoms. The van der Waals surface area contributed by atoms with Crippen LogP contribution in [0.4, 0.5) is 0 Å². The molecule has 6 heteroatoms. The van der Waals surface area contributed by atoms with Crippen LogP contribution in [0.1, 0.15) is 60.6 Å². The predicted octanol–water partition coefficient (Wildman–Crippen LogP) is 3.35. The number of ether oxygens (including phenoxy) is 1. The Morgan fingerprint density at radius 2 is 2.13 bits per heavy atom. The van der Waals surface area contributed by atoms with Gasteiger partial charge in [-0.3, -0.25) is 4.79 Å². The average Bonchev–Trinajstić information content (AvgIpc) is 2.86. The SMILES string of the molecule is CC[C@H](C)Oc1cc(C(=O)N[C@H](C)c2c(C)noc2C)ccn1. The van der Waals surface area contributed by atoms with Gasteiger partial charge in [-0.15, -0.1) is 0 Å². The summed E-state index contributed by atoms with van der Waals surface area (Å²) in [6, 6.07) is 3.13. The molecule has 2 aromatic heterocycles. The molecule has 0 radical (unpaired) electrons. The van der Waals surface area contributed by atoms with Gasteiger partial charge in [0.15, 0.2) is 0 Å². The van der Waals surface area contributed by atoms with Crippen molar-refractivity contribution in [1.82, 2.24) is 15.5 Å². The van der Waals surface area contributed by atoms with E-state index in [9.17, 15) is 4.79 Å². The lowest BCUT2D eigenvalue weighted by Crippen LogP contribution is -2.27. The number of carbonyl (C=O) groups excluding carboxylic acids is 1. The van der Waals surface area contributed by atoms with Crippen LogP contribution in [0.5, 0.6) is 5.88 Å². The predicted molar refractivity (Wildman–Crippen MR) is 86.5 cm³/mol. The van der Waals surface area contributed by atoms with E-state index in [4.69, 9.17) is 9.26 Å². The van der Waals surface area contributed by atoms with Gasteiger partial charge in [-0.05, 0) is 40.2 Å². The molecule has 0 saturated carbocycles. The molecule has 6 nitrogen and oxygen atoms in total. The third kappa shape index (κ3) is 4.09.